The number of nitrogens with zero attached hydrogens (tertiary/aromatic N) is 2. The second-order valence-electron chi connectivity index (χ2n) is 4.12. The van der Waals surface area contributed by atoms with E-state index in [1.54, 1.807) is 11.0 Å². The highest BCUT2D eigenvalue weighted by molar-refractivity contribution is 14.1. The number of anilines is 1. The summed E-state index contributed by atoms with van der Waals surface area (Å²) in [7, 11) is 0. The molecule has 0 aromatic heterocycles. The summed E-state index contributed by atoms with van der Waals surface area (Å²) in [5.74, 6) is 0.629. The molecule has 0 N–H and O–H groups in total. The SMILES string of the molecule is O=C1CC(CCl)CN1c1ccc([N+](=O)[O-])cc1I. The largest absolute Gasteiger partial charge is 0.311 e. The van der Waals surface area contributed by atoms with Gasteiger partial charge in [-0.15, -0.1) is 11.6 Å². The molecule has 1 saturated heterocycles. The molecule has 1 amide bonds. The van der Waals surface area contributed by atoms with Gasteiger partial charge >= 0.3 is 0 Å². The molecule has 1 aliphatic rings. The van der Waals surface area contributed by atoms with Gasteiger partial charge in [-0.3, -0.25) is 14.9 Å². The van der Waals surface area contributed by atoms with Gasteiger partial charge in [0, 0.05) is 34.5 Å². The number of rotatable bonds is 3. The van der Waals surface area contributed by atoms with Crippen LogP contribution in [0.1, 0.15) is 6.42 Å². The summed E-state index contributed by atoms with van der Waals surface area (Å²) >= 11 is 7.77. The van der Waals surface area contributed by atoms with Crippen LogP contribution < -0.4 is 4.90 Å². The quantitative estimate of drug-likeness (QED) is 0.351. The highest BCUT2D eigenvalue weighted by Crippen LogP contribution is 2.31. The zero-order valence-electron chi connectivity index (χ0n) is 9.31. The summed E-state index contributed by atoms with van der Waals surface area (Å²) in [5, 5.41) is 10.7. The Morgan fingerprint density at radius 2 is 2.28 bits per heavy atom. The van der Waals surface area contributed by atoms with Crippen molar-refractivity contribution in [3.63, 3.8) is 0 Å². The third-order valence-corrected chi connectivity index (χ3v) is 4.16. The van der Waals surface area contributed by atoms with Crippen LogP contribution >= 0.6 is 34.2 Å². The molecule has 2 rings (SSSR count). The number of nitro benzene ring substituents is 1. The zero-order chi connectivity index (χ0) is 13.3. The molecule has 1 fully saturated rings. The van der Waals surface area contributed by atoms with E-state index in [0.717, 1.165) is 5.69 Å². The predicted molar refractivity (Wildman–Crippen MR) is 77.0 cm³/mol. The Morgan fingerprint density at radius 3 is 2.78 bits per heavy atom. The van der Waals surface area contributed by atoms with Gasteiger partial charge in [-0.2, -0.15) is 0 Å². The molecule has 0 radical (unpaired) electrons. The number of amides is 1. The molecule has 1 aliphatic heterocycles. The van der Waals surface area contributed by atoms with E-state index in [1.807, 2.05) is 22.6 Å². The first-order chi connectivity index (χ1) is 8.52. The van der Waals surface area contributed by atoms with Crippen LogP contribution in [0, 0.1) is 19.6 Å². The van der Waals surface area contributed by atoms with Crippen molar-refractivity contribution in [2.24, 2.45) is 5.92 Å². The summed E-state index contributed by atoms with van der Waals surface area (Å²) < 4.78 is 0.699. The van der Waals surface area contributed by atoms with Crippen molar-refractivity contribution >= 4 is 51.5 Å². The van der Waals surface area contributed by atoms with Crippen molar-refractivity contribution < 1.29 is 9.72 Å². The number of benzene rings is 1. The van der Waals surface area contributed by atoms with Gasteiger partial charge in [-0.05, 0) is 34.6 Å². The van der Waals surface area contributed by atoms with Crippen molar-refractivity contribution in [2.45, 2.75) is 6.42 Å². The average Bonchev–Trinajstić information content (AvgIpc) is 2.70. The minimum atomic E-state index is -0.445. The second kappa shape index (κ2) is 5.40. The molecule has 1 unspecified atom stereocenters. The Kier molecular flexibility index (Phi) is 4.06. The van der Waals surface area contributed by atoms with E-state index in [0.29, 0.717) is 22.4 Å². The van der Waals surface area contributed by atoms with Crippen LogP contribution in [0.5, 0.6) is 0 Å². The number of hydrogen-bond donors (Lipinski definition) is 0. The van der Waals surface area contributed by atoms with Gasteiger partial charge in [-0.25, -0.2) is 0 Å². The molecule has 0 bridgehead atoms. The van der Waals surface area contributed by atoms with Crippen molar-refractivity contribution in [2.75, 3.05) is 17.3 Å². The maximum absolute atomic E-state index is 11.8. The number of halogens is 2. The highest BCUT2D eigenvalue weighted by Gasteiger charge is 2.31. The first kappa shape index (κ1) is 13.5. The van der Waals surface area contributed by atoms with Crippen LogP contribution in [0.4, 0.5) is 11.4 Å². The third kappa shape index (κ3) is 2.59. The lowest BCUT2D eigenvalue weighted by Crippen LogP contribution is -2.25. The monoisotopic (exact) mass is 380 g/mol. The van der Waals surface area contributed by atoms with Gasteiger partial charge in [0.2, 0.25) is 5.91 Å². The number of alkyl halides is 1. The Bertz CT molecular complexity index is 509. The zero-order valence-corrected chi connectivity index (χ0v) is 12.2. The standard InChI is InChI=1S/C11H10ClIN2O3/c12-5-7-3-11(16)14(6-7)10-2-1-8(15(17)18)4-9(10)13/h1-2,4,7H,3,5-6H2. The second-order valence-corrected chi connectivity index (χ2v) is 5.59. The summed E-state index contributed by atoms with van der Waals surface area (Å²) in [6.07, 6.45) is 0.441. The summed E-state index contributed by atoms with van der Waals surface area (Å²) in [6, 6.07) is 4.50. The van der Waals surface area contributed by atoms with Gasteiger partial charge < -0.3 is 4.90 Å². The molecule has 0 spiro atoms. The van der Waals surface area contributed by atoms with Crippen LogP contribution in [0.2, 0.25) is 0 Å². The number of carbonyl (C=O) groups excluding carboxylic acids is 1. The fourth-order valence-corrected chi connectivity index (χ4v) is 2.94. The van der Waals surface area contributed by atoms with Gasteiger partial charge in [-0.1, -0.05) is 0 Å². The van der Waals surface area contributed by atoms with Gasteiger partial charge in [0.25, 0.3) is 5.69 Å². The van der Waals surface area contributed by atoms with Crippen molar-refractivity contribution in [3.8, 4) is 0 Å². The van der Waals surface area contributed by atoms with E-state index >= 15 is 0 Å². The third-order valence-electron chi connectivity index (χ3n) is 2.86. The Hall–Kier alpha value is -0.890. The van der Waals surface area contributed by atoms with Crippen LogP contribution in [-0.4, -0.2) is 23.3 Å². The fraction of sp³-hybridized carbons (Fsp3) is 0.364. The van der Waals surface area contributed by atoms with E-state index in [1.165, 1.54) is 12.1 Å². The lowest BCUT2D eigenvalue weighted by Gasteiger charge is -2.17. The lowest BCUT2D eigenvalue weighted by atomic mass is 10.1. The van der Waals surface area contributed by atoms with E-state index < -0.39 is 4.92 Å². The van der Waals surface area contributed by atoms with Crippen LogP contribution in [-0.2, 0) is 4.79 Å². The predicted octanol–water partition coefficient (Wildman–Crippen LogP) is 2.79. The molecule has 1 atom stereocenters. The molecular formula is C11H10ClIN2O3. The number of non-ortho nitro benzene ring substituents is 1. The Labute approximate surface area is 122 Å². The average molecular weight is 381 g/mol. The highest BCUT2D eigenvalue weighted by atomic mass is 127. The van der Waals surface area contributed by atoms with Crippen molar-refractivity contribution in [3.05, 3.63) is 31.9 Å². The molecule has 1 aromatic rings. The summed E-state index contributed by atoms with van der Waals surface area (Å²) in [4.78, 5) is 23.7. The molecule has 0 aliphatic carbocycles. The molecule has 1 heterocycles. The van der Waals surface area contributed by atoms with Crippen molar-refractivity contribution in [1.29, 1.82) is 0 Å². The first-order valence-corrected chi connectivity index (χ1v) is 6.94. The fourth-order valence-electron chi connectivity index (χ4n) is 1.95. The van der Waals surface area contributed by atoms with Crippen LogP contribution in [0.25, 0.3) is 0 Å². The maximum Gasteiger partial charge on any atom is 0.270 e. The minimum absolute atomic E-state index is 0.0208. The van der Waals surface area contributed by atoms with E-state index in [4.69, 9.17) is 11.6 Å². The van der Waals surface area contributed by atoms with E-state index in [-0.39, 0.29) is 17.5 Å². The summed E-state index contributed by atoms with van der Waals surface area (Å²) in [6.45, 7) is 0.580. The smallest absolute Gasteiger partial charge is 0.270 e. The van der Waals surface area contributed by atoms with Crippen LogP contribution in [0.3, 0.4) is 0 Å². The molecule has 96 valence electrons. The summed E-state index contributed by atoms with van der Waals surface area (Å²) in [5.41, 5.74) is 0.752. The number of hydrogen-bond acceptors (Lipinski definition) is 3. The number of nitro groups is 1. The van der Waals surface area contributed by atoms with Crippen LogP contribution in [0.15, 0.2) is 18.2 Å². The van der Waals surface area contributed by atoms with Gasteiger partial charge in [0.05, 0.1) is 10.6 Å². The molecule has 7 heteroatoms. The number of carbonyl (C=O) groups is 1. The topological polar surface area (TPSA) is 63.5 Å². The molecule has 0 saturated carbocycles. The molecule has 1 aromatic carbocycles. The Balaban J connectivity index is 2.29. The van der Waals surface area contributed by atoms with E-state index in [2.05, 4.69) is 0 Å². The molecule has 5 nitrogen and oxygen atoms in total. The first-order valence-electron chi connectivity index (χ1n) is 5.33. The van der Waals surface area contributed by atoms with Crippen molar-refractivity contribution in [1.82, 2.24) is 0 Å². The molecule has 18 heavy (non-hydrogen) atoms. The lowest BCUT2D eigenvalue weighted by molar-refractivity contribution is -0.384. The Morgan fingerprint density at radius 1 is 1.56 bits per heavy atom. The van der Waals surface area contributed by atoms with E-state index in [9.17, 15) is 14.9 Å². The van der Waals surface area contributed by atoms with Gasteiger partial charge in [0.1, 0.15) is 0 Å². The normalized spacial score (nSPS) is 19.3. The molecular weight excluding hydrogens is 370 g/mol. The minimum Gasteiger partial charge on any atom is -0.311 e. The van der Waals surface area contributed by atoms with Gasteiger partial charge in [0.15, 0.2) is 0 Å². The maximum atomic E-state index is 11.8.